The minimum Gasteiger partial charge on any atom is -0.382 e. The Hall–Kier alpha value is -0.930. The van der Waals surface area contributed by atoms with Crippen molar-refractivity contribution < 1.29 is 5.11 Å². The number of fused-ring (bicyclic) bond motifs is 1. The predicted molar refractivity (Wildman–Crippen MR) is 60.5 cm³/mol. The van der Waals surface area contributed by atoms with Crippen LogP contribution in [-0.4, -0.2) is 15.1 Å². The molecule has 0 amide bonds. The van der Waals surface area contributed by atoms with Gasteiger partial charge in [0.2, 0.25) is 0 Å². The zero-order valence-corrected chi connectivity index (χ0v) is 9.08. The first-order chi connectivity index (χ1) is 6.68. The molecular formula is C11H13NOS. The standard InChI is InChI=1S/C11H13NOS/c1-8(13)14-11-10-6-4-3-5-9(10)7-12(11)2/h3-8,13H,1-2H3. The monoisotopic (exact) mass is 207 g/mol. The molecule has 1 unspecified atom stereocenters. The molecule has 0 radical (unpaired) electrons. The van der Waals surface area contributed by atoms with E-state index in [0.717, 1.165) is 5.03 Å². The number of benzene rings is 1. The molecule has 0 aliphatic carbocycles. The molecule has 0 saturated heterocycles. The van der Waals surface area contributed by atoms with Crippen molar-refractivity contribution in [2.24, 2.45) is 7.05 Å². The lowest BCUT2D eigenvalue weighted by atomic mass is 10.2. The predicted octanol–water partition coefficient (Wildman–Crippen LogP) is 2.61. The van der Waals surface area contributed by atoms with E-state index in [1.165, 1.54) is 22.5 Å². The molecule has 1 aromatic carbocycles. The van der Waals surface area contributed by atoms with Crippen LogP contribution in [0.2, 0.25) is 0 Å². The lowest BCUT2D eigenvalue weighted by Gasteiger charge is -2.05. The third-order valence-electron chi connectivity index (χ3n) is 2.13. The van der Waals surface area contributed by atoms with E-state index in [1.807, 2.05) is 19.2 Å². The molecule has 2 rings (SSSR count). The van der Waals surface area contributed by atoms with Gasteiger partial charge < -0.3 is 9.67 Å². The number of rotatable bonds is 2. The van der Waals surface area contributed by atoms with Gasteiger partial charge in [-0.2, -0.15) is 0 Å². The highest BCUT2D eigenvalue weighted by atomic mass is 32.2. The quantitative estimate of drug-likeness (QED) is 0.605. The van der Waals surface area contributed by atoms with Crippen molar-refractivity contribution in [3.05, 3.63) is 30.5 Å². The van der Waals surface area contributed by atoms with Crippen molar-refractivity contribution >= 4 is 22.5 Å². The van der Waals surface area contributed by atoms with Crippen molar-refractivity contribution in [1.82, 2.24) is 4.57 Å². The largest absolute Gasteiger partial charge is 0.382 e. The molecule has 0 fully saturated rings. The maximum Gasteiger partial charge on any atom is 0.102 e. The molecule has 2 nitrogen and oxygen atoms in total. The molecule has 0 bridgehead atoms. The van der Waals surface area contributed by atoms with E-state index in [2.05, 4.69) is 22.9 Å². The molecule has 1 N–H and O–H groups in total. The van der Waals surface area contributed by atoms with Crippen LogP contribution >= 0.6 is 11.8 Å². The first-order valence-electron chi connectivity index (χ1n) is 4.57. The molecule has 3 heteroatoms. The van der Waals surface area contributed by atoms with Crippen molar-refractivity contribution in [3.63, 3.8) is 0 Å². The summed E-state index contributed by atoms with van der Waals surface area (Å²) in [6.45, 7) is 1.78. The zero-order chi connectivity index (χ0) is 10.1. The third-order valence-corrected chi connectivity index (χ3v) is 3.20. The number of aryl methyl sites for hydroxylation is 1. The fourth-order valence-corrected chi connectivity index (χ4v) is 2.42. The molecule has 0 aliphatic heterocycles. The van der Waals surface area contributed by atoms with E-state index in [9.17, 15) is 5.11 Å². The van der Waals surface area contributed by atoms with Crippen LogP contribution in [0.5, 0.6) is 0 Å². The molecule has 14 heavy (non-hydrogen) atoms. The van der Waals surface area contributed by atoms with Gasteiger partial charge in [-0.1, -0.05) is 36.0 Å². The highest BCUT2D eigenvalue weighted by Crippen LogP contribution is 2.30. The average Bonchev–Trinajstić information content (AvgIpc) is 2.43. The van der Waals surface area contributed by atoms with Gasteiger partial charge in [0.15, 0.2) is 0 Å². The number of aromatic nitrogens is 1. The lowest BCUT2D eigenvalue weighted by Crippen LogP contribution is -1.95. The van der Waals surface area contributed by atoms with E-state index in [0.29, 0.717) is 0 Å². The highest BCUT2D eigenvalue weighted by molar-refractivity contribution is 7.99. The van der Waals surface area contributed by atoms with Crippen LogP contribution in [0, 0.1) is 0 Å². The summed E-state index contributed by atoms with van der Waals surface area (Å²) in [6.07, 6.45) is 2.08. The molecule has 0 saturated carbocycles. The van der Waals surface area contributed by atoms with Crippen LogP contribution in [0.25, 0.3) is 10.8 Å². The summed E-state index contributed by atoms with van der Waals surface area (Å²) in [5.41, 5.74) is -0.369. The van der Waals surface area contributed by atoms with Crippen molar-refractivity contribution in [2.45, 2.75) is 17.4 Å². The molecule has 1 atom stereocenters. The fraction of sp³-hybridized carbons (Fsp3) is 0.273. The Labute approximate surface area is 87.5 Å². The number of aliphatic hydroxyl groups excluding tert-OH is 1. The number of thioether (sulfide) groups is 1. The van der Waals surface area contributed by atoms with Crippen LogP contribution in [-0.2, 0) is 7.05 Å². The summed E-state index contributed by atoms with van der Waals surface area (Å²) < 4.78 is 2.06. The molecule has 74 valence electrons. The Morgan fingerprint density at radius 3 is 2.79 bits per heavy atom. The van der Waals surface area contributed by atoms with Crippen molar-refractivity contribution in [2.75, 3.05) is 0 Å². The zero-order valence-electron chi connectivity index (χ0n) is 8.27. The Morgan fingerprint density at radius 2 is 2.07 bits per heavy atom. The van der Waals surface area contributed by atoms with Crippen molar-refractivity contribution in [1.29, 1.82) is 0 Å². The Bertz CT molecular complexity index is 447. The average molecular weight is 207 g/mol. The van der Waals surface area contributed by atoms with Crippen LogP contribution in [0.1, 0.15) is 6.92 Å². The second-order valence-corrected chi connectivity index (χ2v) is 4.65. The summed E-state index contributed by atoms with van der Waals surface area (Å²) >= 11 is 1.48. The second kappa shape index (κ2) is 3.67. The number of hydrogen-bond acceptors (Lipinski definition) is 2. The second-order valence-electron chi connectivity index (χ2n) is 3.35. The van der Waals surface area contributed by atoms with Gasteiger partial charge in [0, 0.05) is 24.0 Å². The summed E-state index contributed by atoms with van der Waals surface area (Å²) in [5, 5.41) is 12.9. The highest BCUT2D eigenvalue weighted by Gasteiger charge is 2.08. The molecule has 2 aromatic rings. The smallest absolute Gasteiger partial charge is 0.102 e. The lowest BCUT2D eigenvalue weighted by molar-refractivity contribution is 0.283. The van der Waals surface area contributed by atoms with E-state index in [1.54, 1.807) is 6.92 Å². The van der Waals surface area contributed by atoms with Gasteiger partial charge >= 0.3 is 0 Å². The Kier molecular flexibility index (Phi) is 2.52. The van der Waals surface area contributed by atoms with E-state index in [-0.39, 0.29) is 5.44 Å². The molecule has 0 spiro atoms. The van der Waals surface area contributed by atoms with Gasteiger partial charge in [0.05, 0.1) is 5.03 Å². The maximum atomic E-state index is 9.36. The SMILES string of the molecule is CC(O)Sc1c2ccccc2cn1C. The van der Waals surface area contributed by atoms with Gasteiger partial charge in [-0.25, -0.2) is 0 Å². The topological polar surface area (TPSA) is 25.2 Å². The fourth-order valence-electron chi connectivity index (χ4n) is 1.57. The molecule has 1 heterocycles. The van der Waals surface area contributed by atoms with E-state index in [4.69, 9.17) is 0 Å². The number of nitrogens with zero attached hydrogens (tertiary/aromatic N) is 1. The Balaban J connectivity index is 2.56. The Morgan fingerprint density at radius 1 is 1.36 bits per heavy atom. The normalized spacial score (nSPS) is 13.4. The van der Waals surface area contributed by atoms with Gasteiger partial charge in [0.25, 0.3) is 0 Å². The maximum absolute atomic E-state index is 9.36. The molecule has 0 aliphatic rings. The first kappa shape index (κ1) is 9.62. The number of hydrogen-bond donors (Lipinski definition) is 1. The van der Waals surface area contributed by atoms with Gasteiger partial charge in [-0.3, -0.25) is 0 Å². The van der Waals surface area contributed by atoms with Gasteiger partial charge in [-0.05, 0) is 6.92 Å². The summed E-state index contributed by atoms with van der Waals surface area (Å²) in [6, 6.07) is 8.22. The molecular weight excluding hydrogens is 194 g/mol. The van der Waals surface area contributed by atoms with Gasteiger partial charge in [0.1, 0.15) is 5.44 Å². The summed E-state index contributed by atoms with van der Waals surface area (Å²) in [7, 11) is 2.00. The van der Waals surface area contributed by atoms with Crippen LogP contribution in [0.3, 0.4) is 0 Å². The third kappa shape index (κ3) is 1.65. The van der Waals surface area contributed by atoms with Crippen molar-refractivity contribution in [3.8, 4) is 0 Å². The minimum atomic E-state index is -0.369. The summed E-state index contributed by atoms with van der Waals surface area (Å²) in [5.74, 6) is 0. The van der Waals surface area contributed by atoms with Crippen LogP contribution in [0.15, 0.2) is 35.5 Å². The van der Waals surface area contributed by atoms with Gasteiger partial charge in [-0.15, -0.1) is 0 Å². The number of aliphatic hydroxyl groups is 1. The van der Waals surface area contributed by atoms with E-state index >= 15 is 0 Å². The summed E-state index contributed by atoms with van der Waals surface area (Å²) in [4.78, 5) is 0. The van der Waals surface area contributed by atoms with Crippen LogP contribution in [0.4, 0.5) is 0 Å². The first-order valence-corrected chi connectivity index (χ1v) is 5.45. The molecule has 1 aromatic heterocycles. The van der Waals surface area contributed by atoms with Crippen LogP contribution < -0.4 is 0 Å². The van der Waals surface area contributed by atoms with E-state index < -0.39 is 0 Å². The minimum absolute atomic E-state index is 0.369.